The molecule has 5 nitrogen and oxygen atoms in total. The van der Waals surface area contributed by atoms with E-state index in [9.17, 15) is 9.90 Å². The van der Waals surface area contributed by atoms with Crippen LogP contribution in [-0.4, -0.2) is 60.1 Å². The van der Waals surface area contributed by atoms with Gasteiger partial charge in [-0.15, -0.1) is 0 Å². The van der Waals surface area contributed by atoms with Crippen molar-refractivity contribution in [1.82, 2.24) is 9.80 Å². The van der Waals surface area contributed by atoms with Crippen LogP contribution >= 0.6 is 11.6 Å². The third-order valence-electron chi connectivity index (χ3n) is 3.97. The molecule has 1 aromatic carbocycles. The van der Waals surface area contributed by atoms with Gasteiger partial charge in [0.25, 0.3) is 5.91 Å². The Hall–Kier alpha value is -1.30. The van der Waals surface area contributed by atoms with E-state index < -0.39 is 0 Å². The van der Waals surface area contributed by atoms with Crippen LogP contribution in [0.2, 0.25) is 5.02 Å². The minimum atomic E-state index is -0.132. The molecule has 0 bridgehead atoms. The quantitative estimate of drug-likeness (QED) is 0.826. The van der Waals surface area contributed by atoms with Gasteiger partial charge in [-0.05, 0) is 51.2 Å². The first-order valence-electron chi connectivity index (χ1n) is 7.18. The van der Waals surface area contributed by atoms with Gasteiger partial charge in [0.05, 0.1) is 12.2 Å². The lowest BCUT2D eigenvalue weighted by atomic mass is 10.0. The minimum absolute atomic E-state index is 0.0500. The topological polar surface area (TPSA) is 69.8 Å². The summed E-state index contributed by atoms with van der Waals surface area (Å²) in [5.41, 5.74) is 6.73. The van der Waals surface area contributed by atoms with Gasteiger partial charge in [0.15, 0.2) is 0 Å². The van der Waals surface area contributed by atoms with E-state index in [4.69, 9.17) is 17.3 Å². The first-order chi connectivity index (χ1) is 10.0. The Morgan fingerprint density at radius 3 is 2.71 bits per heavy atom. The van der Waals surface area contributed by atoms with Crippen LogP contribution in [-0.2, 0) is 0 Å². The molecule has 0 aliphatic carbocycles. The fourth-order valence-electron chi connectivity index (χ4n) is 2.75. The Morgan fingerprint density at radius 2 is 2.14 bits per heavy atom. The standard InChI is InChI=1S/C15H22ClN3O2/c1-18-6-4-12(5-7-18)19(8-9-20)15(21)13-3-2-11(16)10-14(13)17/h2-3,10,12,20H,4-9,17H2,1H3. The van der Waals surface area contributed by atoms with E-state index in [0.717, 1.165) is 25.9 Å². The number of likely N-dealkylation sites (tertiary alicyclic amines) is 1. The van der Waals surface area contributed by atoms with Crippen LogP contribution < -0.4 is 5.73 Å². The maximum absolute atomic E-state index is 12.7. The number of hydrogen-bond donors (Lipinski definition) is 2. The molecule has 1 fully saturated rings. The summed E-state index contributed by atoms with van der Waals surface area (Å²) in [7, 11) is 2.08. The Balaban J connectivity index is 2.18. The number of amides is 1. The largest absolute Gasteiger partial charge is 0.398 e. The fourth-order valence-corrected chi connectivity index (χ4v) is 2.93. The number of nitrogens with two attached hydrogens (primary N) is 1. The van der Waals surface area contributed by atoms with Crippen molar-refractivity contribution in [3.05, 3.63) is 28.8 Å². The van der Waals surface area contributed by atoms with Crippen molar-refractivity contribution < 1.29 is 9.90 Å². The number of rotatable bonds is 4. The Labute approximate surface area is 130 Å². The summed E-state index contributed by atoms with van der Waals surface area (Å²) < 4.78 is 0. The van der Waals surface area contributed by atoms with Gasteiger partial charge in [-0.1, -0.05) is 11.6 Å². The van der Waals surface area contributed by atoms with Crippen molar-refractivity contribution in [3.63, 3.8) is 0 Å². The maximum atomic E-state index is 12.7. The molecule has 0 saturated carbocycles. The SMILES string of the molecule is CN1CCC(N(CCO)C(=O)c2ccc(Cl)cc2N)CC1. The molecule has 0 unspecified atom stereocenters. The third kappa shape index (κ3) is 3.87. The smallest absolute Gasteiger partial charge is 0.256 e. The molecular weight excluding hydrogens is 290 g/mol. The summed E-state index contributed by atoms with van der Waals surface area (Å²) in [6, 6.07) is 5.05. The van der Waals surface area contributed by atoms with Gasteiger partial charge in [-0.3, -0.25) is 4.79 Å². The molecule has 0 spiro atoms. The highest BCUT2D eigenvalue weighted by Gasteiger charge is 2.28. The van der Waals surface area contributed by atoms with Gasteiger partial charge in [0, 0.05) is 23.3 Å². The predicted molar refractivity (Wildman–Crippen MR) is 84.5 cm³/mol. The van der Waals surface area contributed by atoms with Crippen LogP contribution in [0.25, 0.3) is 0 Å². The van der Waals surface area contributed by atoms with Gasteiger partial charge in [0.2, 0.25) is 0 Å². The van der Waals surface area contributed by atoms with Gasteiger partial charge < -0.3 is 20.6 Å². The van der Waals surface area contributed by atoms with Crippen molar-refractivity contribution in [2.24, 2.45) is 0 Å². The molecular formula is C15H22ClN3O2. The van der Waals surface area contributed by atoms with Crippen LogP contribution in [0.4, 0.5) is 5.69 Å². The zero-order valence-electron chi connectivity index (χ0n) is 12.3. The first-order valence-corrected chi connectivity index (χ1v) is 7.56. The van der Waals surface area contributed by atoms with Crippen LogP contribution in [0.15, 0.2) is 18.2 Å². The van der Waals surface area contributed by atoms with E-state index in [1.165, 1.54) is 0 Å². The zero-order chi connectivity index (χ0) is 15.4. The maximum Gasteiger partial charge on any atom is 0.256 e. The molecule has 116 valence electrons. The number of carbonyl (C=O) groups excluding carboxylic acids is 1. The van der Waals surface area contributed by atoms with E-state index in [2.05, 4.69) is 11.9 Å². The Bertz CT molecular complexity index is 502. The van der Waals surface area contributed by atoms with Gasteiger partial charge in [-0.2, -0.15) is 0 Å². The zero-order valence-corrected chi connectivity index (χ0v) is 13.0. The fraction of sp³-hybridized carbons (Fsp3) is 0.533. The highest BCUT2D eigenvalue weighted by atomic mass is 35.5. The highest BCUT2D eigenvalue weighted by molar-refractivity contribution is 6.31. The first kappa shape index (κ1) is 16.1. The summed E-state index contributed by atoms with van der Waals surface area (Å²) in [6.07, 6.45) is 1.82. The second kappa shape index (κ2) is 7.11. The van der Waals surface area contributed by atoms with E-state index in [1.807, 2.05) is 0 Å². The lowest BCUT2D eigenvalue weighted by Gasteiger charge is -2.37. The summed E-state index contributed by atoms with van der Waals surface area (Å²) in [6.45, 7) is 2.19. The molecule has 21 heavy (non-hydrogen) atoms. The summed E-state index contributed by atoms with van der Waals surface area (Å²) in [5.74, 6) is -0.132. The average Bonchev–Trinajstić information content (AvgIpc) is 2.45. The van der Waals surface area contributed by atoms with Gasteiger partial charge >= 0.3 is 0 Å². The van der Waals surface area contributed by atoms with E-state index in [-0.39, 0.29) is 18.6 Å². The van der Waals surface area contributed by atoms with Crippen LogP contribution in [0.3, 0.4) is 0 Å². The van der Waals surface area contributed by atoms with E-state index >= 15 is 0 Å². The van der Waals surface area contributed by atoms with E-state index in [0.29, 0.717) is 22.8 Å². The van der Waals surface area contributed by atoms with Crippen molar-refractivity contribution in [1.29, 1.82) is 0 Å². The van der Waals surface area contributed by atoms with Gasteiger partial charge in [0.1, 0.15) is 0 Å². The predicted octanol–water partition coefficient (Wildman–Crippen LogP) is 1.45. The van der Waals surface area contributed by atoms with E-state index in [1.54, 1.807) is 23.1 Å². The summed E-state index contributed by atoms with van der Waals surface area (Å²) >= 11 is 5.88. The molecule has 1 heterocycles. The molecule has 0 radical (unpaired) electrons. The second-order valence-electron chi connectivity index (χ2n) is 5.49. The number of carbonyl (C=O) groups is 1. The lowest BCUT2D eigenvalue weighted by Crippen LogP contribution is -2.47. The normalized spacial score (nSPS) is 16.9. The molecule has 0 atom stereocenters. The van der Waals surface area contributed by atoms with Crippen LogP contribution in [0, 0.1) is 0 Å². The molecule has 1 aliphatic rings. The van der Waals surface area contributed by atoms with Crippen molar-refractivity contribution in [2.45, 2.75) is 18.9 Å². The van der Waals surface area contributed by atoms with Crippen LogP contribution in [0.5, 0.6) is 0 Å². The average molecular weight is 312 g/mol. The van der Waals surface area contributed by atoms with Crippen molar-refractivity contribution in [3.8, 4) is 0 Å². The number of hydrogen-bond acceptors (Lipinski definition) is 4. The molecule has 3 N–H and O–H groups in total. The summed E-state index contributed by atoms with van der Waals surface area (Å²) in [4.78, 5) is 16.7. The third-order valence-corrected chi connectivity index (χ3v) is 4.21. The number of benzene rings is 1. The Kier molecular flexibility index (Phi) is 5.45. The number of anilines is 1. The van der Waals surface area contributed by atoms with Gasteiger partial charge in [-0.25, -0.2) is 0 Å². The number of aliphatic hydroxyl groups is 1. The summed E-state index contributed by atoms with van der Waals surface area (Å²) in [5, 5.41) is 9.78. The molecule has 6 heteroatoms. The number of halogens is 1. The minimum Gasteiger partial charge on any atom is -0.398 e. The molecule has 1 aliphatic heterocycles. The molecule has 0 aromatic heterocycles. The second-order valence-corrected chi connectivity index (χ2v) is 5.92. The van der Waals surface area contributed by atoms with Crippen molar-refractivity contribution >= 4 is 23.2 Å². The molecule has 2 rings (SSSR count). The Morgan fingerprint density at radius 1 is 1.48 bits per heavy atom. The molecule has 1 amide bonds. The number of piperidine rings is 1. The number of nitrogens with zero attached hydrogens (tertiary/aromatic N) is 2. The monoisotopic (exact) mass is 311 g/mol. The van der Waals surface area contributed by atoms with Crippen LogP contribution in [0.1, 0.15) is 23.2 Å². The highest BCUT2D eigenvalue weighted by Crippen LogP contribution is 2.23. The molecule has 1 saturated heterocycles. The lowest BCUT2D eigenvalue weighted by molar-refractivity contribution is 0.0541. The number of aliphatic hydroxyl groups excluding tert-OH is 1. The van der Waals surface area contributed by atoms with Crippen molar-refractivity contribution in [2.75, 3.05) is 39.0 Å². The molecule has 1 aromatic rings. The number of nitrogen functional groups attached to an aromatic ring is 1.